The zero-order chi connectivity index (χ0) is 25.4. The number of nitrogens with zero attached hydrogens (tertiary/aromatic N) is 1. The van der Waals surface area contributed by atoms with E-state index in [-0.39, 0.29) is 11.5 Å². The minimum Gasteiger partial charge on any atom is -0.742 e. The van der Waals surface area contributed by atoms with Gasteiger partial charge >= 0.3 is 0 Å². The second-order valence-electron chi connectivity index (χ2n) is 6.80. The Morgan fingerprint density at radius 1 is 1.00 bits per heavy atom. The van der Waals surface area contributed by atoms with Crippen LogP contribution in [0.2, 0.25) is 0 Å². The zero-order valence-corrected chi connectivity index (χ0v) is 19.4. The summed E-state index contributed by atoms with van der Waals surface area (Å²) < 4.78 is 48.2. The molecule has 0 saturated heterocycles. The Morgan fingerprint density at radius 3 is 2.34 bits per heavy atom. The van der Waals surface area contributed by atoms with E-state index < -0.39 is 27.0 Å². The summed E-state index contributed by atoms with van der Waals surface area (Å²) >= 11 is 0. The number of methoxy groups -OCH3 is 2. The van der Waals surface area contributed by atoms with E-state index >= 15 is 0 Å². The smallest absolute Gasteiger partial charge is 0.287 e. The van der Waals surface area contributed by atoms with Crippen LogP contribution in [0.5, 0.6) is 11.5 Å². The van der Waals surface area contributed by atoms with Crippen molar-refractivity contribution in [2.75, 3.05) is 14.2 Å². The third kappa shape index (κ3) is 6.79. The second kappa shape index (κ2) is 11.1. The Bertz CT molecular complexity index is 1380. The number of rotatable bonds is 9. The lowest BCUT2D eigenvalue weighted by Crippen LogP contribution is -2.32. The van der Waals surface area contributed by atoms with Gasteiger partial charge in [0, 0.05) is 5.56 Å². The molecule has 0 unspecified atom stereocenters. The first-order valence-corrected chi connectivity index (χ1v) is 11.3. The minimum absolute atomic E-state index is 0.0848. The molecule has 0 saturated carbocycles. The summed E-state index contributed by atoms with van der Waals surface area (Å²) in [6.45, 7) is 0. The van der Waals surface area contributed by atoms with E-state index in [0.717, 1.165) is 12.3 Å². The van der Waals surface area contributed by atoms with Crippen LogP contribution in [0.1, 0.15) is 21.7 Å². The molecule has 0 fully saturated rings. The molecule has 2 N–H and O–H groups in total. The topological polar surface area (TPSA) is 159 Å². The van der Waals surface area contributed by atoms with Crippen LogP contribution in [0.25, 0.3) is 6.08 Å². The molecule has 0 spiro atoms. The van der Waals surface area contributed by atoms with Crippen molar-refractivity contribution in [3.63, 3.8) is 0 Å². The van der Waals surface area contributed by atoms with Gasteiger partial charge in [-0.15, -0.1) is 0 Å². The van der Waals surface area contributed by atoms with Crippen LogP contribution < -0.4 is 20.2 Å². The number of hydrogen-bond acceptors (Lipinski definition) is 9. The lowest BCUT2D eigenvalue weighted by molar-refractivity contribution is -0.117. The van der Waals surface area contributed by atoms with E-state index in [4.69, 9.17) is 13.9 Å². The maximum absolute atomic E-state index is 12.8. The largest absolute Gasteiger partial charge is 0.742 e. The molecule has 0 aliphatic rings. The van der Waals surface area contributed by atoms with Crippen molar-refractivity contribution in [2.45, 2.75) is 5.09 Å². The molecular formula is C23H20N3O8S-. The van der Waals surface area contributed by atoms with Gasteiger partial charge in [0.25, 0.3) is 11.8 Å². The maximum Gasteiger partial charge on any atom is 0.287 e. The molecule has 12 heteroatoms. The lowest BCUT2D eigenvalue weighted by atomic mass is 10.1. The number of hydrazone groups is 1. The fourth-order valence-corrected chi connectivity index (χ4v) is 3.24. The average Bonchev–Trinajstić information content (AvgIpc) is 3.33. The highest BCUT2D eigenvalue weighted by atomic mass is 32.2. The number of nitrogens with one attached hydrogen (secondary N) is 2. The second-order valence-corrected chi connectivity index (χ2v) is 8.11. The van der Waals surface area contributed by atoms with Crippen LogP contribution in [-0.4, -0.2) is 45.2 Å². The SMILES string of the molecule is COc1ccc(C=C(NC(=O)c2ccccc2)C(=O)NN=Cc2ccc(S(=O)(=O)[O-])o2)cc1OC. The minimum atomic E-state index is -4.76. The summed E-state index contributed by atoms with van der Waals surface area (Å²) in [5, 5.41) is 5.45. The Hall–Kier alpha value is -4.42. The molecule has 3 rings (SSSR count). The molecule has 1 aromatic heterocycles. The number of ether oxygens (including phenoxy) is 2. The summed E-state index contributed by atoms with van der Waals surface area (Å²) in [6.07, 6.45) is 2.41. The summed E-state index contributed by atoms with van der Waals surface area (Å²) in [6, 6.07) is 15.3. The Kier molecular flexibility index (Phi) is 8.02. The predicted octanol–water partition coefficient (Wildman–Crippen LogP) is 2.12. The van der Waals surface area contributed by atoms with Gasteiger partial charge in [-0.1, -0.05) is 24.3 Å². The zero-order valence-electron chi connectivity index (χ0n) is 18.5. The Labute approximate surface area is 200 Å². The van der Waals surface area contributed by atoms with Gasteiger partial charge in [-0.05, 0) is 48.0 Å². The predicted molar refractivity (Wildman–Crippen MR) is 124 cm³/mol. The first-order valence-electron chi connectivity index (χ1n) is 9.90. The van der Waals surface area contributed by atoms with E-state index in [9.17, 15) is 22.6 Å². The van der Waals surface area contributed by atoms with Gasteiger partial charge < -0.3 is 23.8 Å². The number of carbonyl (C=O) groups excluding carboxylic acids is 2. The molecule has 0 atom stereocenters. The highest BCUT2D eigenvalue weighted by Gasteiger charge is 2.15. The van der Waals surface area contributed by atoms with Gasteiger partial charge in [-0.2, -0.15) is 5.10 Å². The summed E-state index contributed by atoms with van der Waals surface area (Å²) in [4.78, 5) is 25.5. The van der Waals surface area contributed by atoms with E-state index in [1.165, 1.54) is 26.4 Å². The van der Waals surface area contributed by atoms with Crippen molar-refractivity contribution in [3.05, 3.63) is 83.2 Å². The van der Waals surface area contributed by atoms with Crippen LogP contribution in [0.3, 0.4) is 0 Å². The standard InChI is InChI=1S/C23H21N3O8S/c1-32-19-10-8-15(13-20(19)33-2)12-18(25-22(27)16-6-4-3-5-7-16)23(28)26-24-14-17-9-11-21(34-17)35(29,30)31/h3-14H,1-2H3,(H,25,27)(H,26,28)(H,29,30,31)/p-1. The molecule has 0 aliphatic carbocycles. The molecule has 3 aromatic rings. The highest BCUT2D eigenvalue weighted by molar-refractivity contribution is 7.85. The van der Waals surface area contributed by atoms with E-state index in [1.54, 1.807) is 48.5 Å². The molecule has 35 heavy (non-hydrogen) atoms. The summed E-state index contributed by atoms with van der Waals surface area (Å²) in [7, 11) is -1.82. The summed E-state index contributed by atoms with van der Waals surface area (Å²) in [5.74, 6) is -0.517. The van der Waals surface area contributed by atoms with Gasteiger partial charge in [-0.3, -0.25) is 9.59 Å². The number of carbonyl (C=O) groups is 2. The normalized spacial score (nSPS) is 11.8. The van der Waals surface area contributed by atoms with Crippen molar-refractivity contribution in [3.8, 4) is 11.5 Å². The van der Waals surface area contributed by atoms with E-state index in [2.05, 4.69) is 15.8 Å². The Balaban J connectivity index is 1.85. The molecule has 11 nitrogen and oxygen atoms in total. The fraction of sp³-hybridized carbons (Fsp3) is 0.0870. The van der Waals surface area contributed by atoms with Gasteiger partial charge in [0.2, 0.25) is 5.09 Å². The van der Waals surface area contributed by atoms with Gasteiger partial charge in [0.1, 0.15) is 11.5 Å². The van der Waals surface area contributed by atoms with Crippen LogP contribution in [0.15, 0.2) is 81.0 Å². The molecular weight excluding hydrogens is 478 g/mol. The van der Waals surface area contributed by atoms with Crippen LogP contribution >= 0.6 is 0 Å². The number of amides is 2. The molecule has 2 aromatic carbocycles. The maximum atomic E-state index is 12.8. The molecule has 0 radical (unpaired) electrons. The van der Waals surface area contributed by atoms with Gasteiger partial charge in [-0.25, -0.2) is 13.8 Å². The van der Waals surface area contributed by atoms with Crippen molar-refractivity contribution in [2.24, 2.45) is 5.10 Å². The molecule has 1 heterocycles. The summed E-state index contributed by atoms with van der Waals surface area (Å²) in [5.41, 5.74) is 2.90. The van der Waals surface area contributed by atoms with Crippen LogP contribution in [0, 0.1) is 0 Å². The first kappa shape index (κ1) is 25.2. The third-order valence-corrected chi connectivity index (χ3v) is 5.17. The van der Waals surface area contributed by atoms with Crippen LogP contribution in [0.4, 0.5) is 0 Å². The monoisotopic (exact) mass is 498 g/mol. The van der Waals surface area contributed by atoms with Gasteiger partial charge in [0.05, 0.1) is 20.4 Å². The lowest BCUT2D eigenvalue weighted by Gasteiger charge is -2.11. The van der Waals surface area contributed by atoms with Gasteiger partial charge in [0.15, 0.2) is 21.6 Å². The molecule has 182 valence electrons. The number of furan rings is 1. The molecule has 2 amide bonds. The van der Waals surface area contributed by atoms with Crippen molar-refractivity contribution < 1.29 is 36.5 Å². The molecule has 0 aliphatic heterocycles. The average molecular weight is 498 g/mol. The number of benzene rings is 2. The van der Waals surface area contributed by atoms with Crippen molar-refractivity contribution in [1.29, 1.82) is 0 Å². The quantitative estimate of drug-likeness (QED) is 0.196. The third-order valence-electron chi connectivity index (χ3n) is 4.45. The molecule has 0 bridgehead atoms. The number of hydrogen-bond donors (Lipinski definition) is 2. The highest BCUT2D eigenvalue weighted by Crippen LogP contribution is 2.28. The fourth-order valence-electron chi connectivity index (χ4n) is 2.80. The van der Waals surface area contributed by atoms with E-state index in [1.807, 2.05) is 0 Å². The van der Waals surface area contributed by atoms with E-state index in [0.29, 0.717) is 22.6 Å². The first-order chi connectivity index (χ1) is 16.7. The van der Waals surface area contributed by atoms with Crippen molar-refractivity contribution >= 4 is 34.2 Å². The van der Waals surface area contributed by atoms with Crippen molar-refractivity contribution in [1.82, 2.24) is 10.7 Å². The Morgan fingerprint density at radius 2 is 1.71 bits per heavy atom. The van der Waals surface area contributed by atoms with Crippen LogP contribution in [-0.2, 0) is 14.9 Å².